The van der Waals surface area contributed by atoms with Crippen molar-refractivity contribution in [1.82, 2.24) is 4.98 Å². The highest BCUT2D eigenvalue weighted by molar-refractivity contribution is 5.91. The van der Waals surface area contributed by atoms with Gasteiger partial charge >= 0.3 is 5.97 Å². The molecule has 170 valence electrons. The summed E-state index contributed by atoms with van der Waals surface area (Å²) in [6.45, 7) is 7.91. The van der Waals surface area contributed by atoms with E-state index in [0.29, 0.717) is 25.5 Å². The van der Waals surface area contributed by atoms with Crippen LogP contribution in [0, 0.1) is 0 Å². The van der Waals surface area contributed by atoms with Crippen LogP contribution in [0.3, 0.4) is 0 Å². The SMILES string of the molecule is CCCCOc1cc2cc3c(cc2cc1OCCCC)Cc1c(c[nH]c1C(=O)OCC)C3. The van der Waals surface area contributed by atoms with Crippen molar-refractivity contribution in [2.45, 2.75) is 59.3 Å². The van der Waals surface area contributed by atoms with Gasteiger partial charge in [-0.3, -0.25) is 0 Å². The van der Waals surface area contributed by atoms with Crippen LogP contribution in [-0.2, 0) is 17.6 Å². The first-order valence-electron chi connectivity index (χ1n) is 11.9. The Bertz CT molecular complexity index is 1100. The number of hydrogen-bond donors (Lipinski definition) is 1. The van der Waals surface area contributed by atoms with Gasteiger partial charge in [0.1, 0.15) is 5.69 Å². The molecule has 2 aromatic carbocycles. The maximum atomic E-state index is 12.3. The van der Waals surface area contributed by atoms with E-state index in [2.05, 4.69) is 43.1 Å². The third-order valence-electron chi connectivity index (χ3n) is 6.04. The Morgan fingerprint density at radius 1 is 0.844 bits per heavy atom. The van der Waals surface area contributed by atoms with E-state index in [1.54, 1.807) is 0 Å². The highest BCUT2D eigenvalue weighted by Crippen LogP contribution is 2.37. The van der Waals surface area contributed by atoms with E-state index in [4.69, 9.17) is 14.2 Å². The normalized spacial score (nSPS) is 12.3. The summed E-state index contributed by atoms with van der Waals surface area (Å²) in [6, 6.07) is 8.71. The summed E-state index contributed by atoms with van der Waals surface area (Å²) in [7, 11) is 0. The predicted octanol–water partition coefficient (Wildman–Crippen LogP) is 6.20. The Labute approximate surface area is 190 Å². The van der Waals surface area contributed by atoms with Crippen molar-refractivity contribution in [3.8, 4) is 11.5 Å². The van der Waals surface area contributed by atoms with Crippen LogP contribution in [-0.4, -0.2) is 30.8 Å². The lowest BCUT2D eigenvalue weighted by Crippen LogP contribution is -2.12. The van der Waals surface area contributed by atoms with Gasteiger partial charge in [0, 0.05) is 12.6 Å². The molecule has 3 aromatic rings. The van der Waals surface area contributed by atoms with E-state index in [0.717, 1.165) is 66.4 Å². The van der Waals surface area contributed by atoms with Crippen LogP contribution < -0.4 is 9.47 Å². The minimum atomic E-state index is -0.279. The highest BCUT2D eigenvalue weighted by atomic mass is 16.5. The molecule has 1 aromatic heterocycles. The fourth-order valence-electron chi connectivity index (χ4n) is 4.24. The lowest BCUT2D eigenvalue weighted by molar-refractivity contribution is 0.0519. The Morgan fingerprint density at radius 2 is 1.44 bits per heavy atom. The Hall–Kier alpha value is -2.95. The largest absolute Gasteiger partial charge is 0.490 e. The van der Waals surface area contributed by atoms with Crippen LogP contribution in [0.25, 0.3) is 10.8 Å². The van der Waals surface area contributed by atoms with E-state index < -0.39 is 0 Å². The minimum absolute atomic E-state index is 0.279. The summed E-state index contributed by atoms with van der Waals surface area (Å²) in [6.07, 6.45) is 7.70. The Balaban J connectivity index is 1.67. The molecule has 4 rings (SSSR count). The molecule has 0 unspecified atom stereocenters. The van der Waals surface area contributed by atoms with Crippen molar-refractivity contribution >= 4 is 16.7 Å². The van der Waals surface area contributed by atoms with Gasteiger partial charge in [0.15, 0.2) is 11.5 Å². The van der Waals surface area contributed by atoms with Gasteiger partial charge in [-0.25, -0.2) is 4.79 Å². The van der Waals surface area contributed by atoms with Crippen LogP contribution in [0.4, 0.5) is 0 Å². The zero-order valence-electron chi connectivity index (χ0n) is 19.4. The fraction of sp³-hybridized carbons (Fsp3) is 0.444. The zero-order chi connectivity index (χ0) is 22.5. The van der Waals surface area contributed by atoms with Gasteiger partial charge in [0.05, 0.1) is 19.8 Å². The first kappa shape index (κ1) is 22.3. The second-order valence-corrected chi connectivity index (χ2v) is 8.41. The number of benzene rings is 2. The number of esters is 1. The van der Waals surface area contributed by atoms with Crippen molar-refractivity contribution < 1.29 is 19.0 Å². The zero-order valence-corrected chi connectivity index (χ0v) is 19.4. The monoisotopic (exact) mass is 435 g/mol. The number of carbonyl (C=O) groups excluding carboxylic acids is 1. The molecular formula is C27H33NO4. The number of aromatic nitrogens is 1. The molecule has 0 bridgehead atoms. The van der Waals surface area contributed by atoms with Crippen LogP contribution in [0.15, 0.2) is 30.5 Å². The summed E-state index contributed by atoms with van der Waals surface area (Å²) < 4.78 is 17.4. The van der Waals surface area contributed by atoms with Gasteiger partial charge in [-0.05, 0) is 71.3 Å². The Kier molecular flexibility index (Phi) is 7.03. The van der Waals surface area contributed by atoms with E-state index in [1.807, 2.05) is 13.1 Å². The van der Waals surface area contributed by atoms with Crippen LogP contribution >= 0.6 is 0 Å². The molecule has 32 heavy (non-hydrogen) atoms. The fourth-order valence-corrected chi connectivity index (χ4v) is 4.24. The van der Waals surface area contributed by atoms with Gasteiger partial charge in [0.2, 0.25) is 0 Å². The molecule has 1 N–H and O–H groups in total. The van der Waals surface area contributed by atoms with E-state index in [1.165, 1.54) is 16.7 Å². The molecule has 0 saturated carbocycles. The van der Waals surface area contributed by atoms with Crippen molar-refractivity contribution in [3.63, 3.8) is 0 Å². The van der Waals surface area contributed by atoms with Crippen molar-refractivity contribution in [1.29, 1.82) is 0 Å². The predicted molar refractivity (Wildman–Crippen MR) is 127 cm³/mol. The van der Waals surface area contributed by atoms with Gasteiger partial charge in [0.25, 0.3) is 0 Å². The minimum Gasteiger partial charge on any atom is -0.490 e. The molecule has 1 aliphatic rings. The third kappa shape index (κ3) is 4.62. The second kappa shape index (κ2) is 10.1. The summed E-state index contributed by atoms with van der Waals surface area (Å²) in [5.41, 5.74) is 5.33. The van der Waals surface area contributed by atoms with Crippen molar-refractivity contribution in [2.75, 3.05) is 19.8 Å². The van der Waals surface area contributed by atoms with Gasteiger partial charge in [-0.1, -0.05) is 38.8 Å². The maximum absolute atomic E-state index is 12.3. The number of carbonyl (C=O) groups is 1. The molecule has 1 heterocycles. The number of unbranched alkanes of at least 4 members (excludes halogenated alkanes) is 2. The summed E-state index contributed by atoms with van der Waals surface area (Å²) in [5, 5.41) is 2.29. The molecule has 0 atom stereocenters. The molecule has 1 aliphatic carbocycles. The Morgan fingerprint density at radius 3 is 2.00 bits per heavy atom. The van der Waals surface area contributed by atoms with Crippen molar-refractivity contribution in [2.24, 2.45) is 0 Å². The summed E-state index contributed by atoms with van der Waals surface area (Å²) in [5.74, 6) is 1.36. The molecule has 5 nitrogen and oxygen atoms in total. The lowest BCUT2D eigenvalue weighted by atomic mass is 9.85. The quantitative estimate of drug-likeness (QED) is 0.238. The van der Waals surface area contributed by atoms with Crippen LogP contribution in [0.2, 0.25) is 0 Å². The standard InChI is InChI=1S/C27H33NO4/c1-4-7-9-31-24-15-20-11-18-13-22-17-28-26(27(29)30-6-3)23(22)14-19(18)12-21(20)16-25(24)32-10-8-5-2/h11-12,15-17,28H,4-10,13-14H2,1-3H3. The molecule has 0 fully saturated rings. The molecule has 0 spiro atoms. The highest BCUT2D eigenvalue weighted by Gasteiger charge is 2.24. The van der Waals surface area contributed by atoms with Gasteiger partial charge in [-0.15, -0.1) is 0 Å². The molecular weight excluding hydrogens is 402 g/mol. The molecule has 0 radical (unpaired) electrons. The van der Waals surface area contributed by atoms with E-state index in [9.17, 15) is 4.79 Å². The van der Waals surface area contributed by atoms with E-state index in [-0.39, 0.29) is 5.97 Å². The first-order chi connectivity index (χ1) is 15.6. The van der Waals surface area contributed by atoms with E-state index >= 15 is 0 Å². The molecule has 5 heteroatoms. The second-order valence-electron chi connectivity index (χ2n) is 8.41. The smallest absolute Gasteiger partial charge is 0.355 e. The van der Waals surface area contributed by atoms with Gasteiger partial charge < -0.3 is 19.2 Å². The summed E-state index contributed by atoms with van der Waals surface area (Å²) >= 11 is 0. The third-order valence-corrected chi connectivity index (χ3v) is 6.04. The number of H-pyrrole nitrogens is 1. The first-order valence-corrected chi connectivity index (χ1v) is 11.9. The number of ether oxygens (including phenoxy) is 3. The van der Waals surface area contributed by atoms with Crippen LogP contribution in [0.1, 0.15) is 79.2 Å². The maximum Gasteiger partial charge on any atom is 0.355 e. The average molecular weight is 436 g/mol. The number of fused-ring (bicyclic) bond motifs is 3. The lowest BCUT2D eigenvalue weighted by Gasteiger charge is -2.20. The molecule has 0 amide bonds. The molecule has 0 aliphatic heterocycles. The topological polar surface area (TPSA) is 60.5 Å². The number of nitrogens with one attached hydrogen (secondary N) is 1. The molecule has 0 saturated heterocycles. The number of aromatic amines is 1. The summed E-state index contributed by atoms with van der Waals surface area (Å²) in [4.78, 5) is 15.5. The van der Waals surface area contributed by atoms with Crippen LogP contribution in [0.5, 0.6) is 11.5 Å². The average Bonchev–Trinajstić information content (AvgIpc) is 3.19. The number of rotatable bonds is 10. The van der Waals surface area contributed by atoms with Gasteiger partial charge in [-0.2, -0.15) is 0 Å². The number of hydrogen-bond acceptors (Lipinski definition) is 4. The van der Waals surface area contributed by atoms with Crippen molar-refractivity contribution in [3.05, 3.63) is 58.4 Å².